The van der Waals surface area contributed by atoms with Crippen LogP contribution in [0.25, 0.3) is 0 Å². The standard InChI is InChI=1S/C30H27ClN2O6/c1-5-38-29(37)22-8-6-7-9-23(22)33-26(34)24(31)25(27(33)35)32-20-14-10-18(11-15-20)28(36)39-21-16-12-19(13-17-21)30(2,3)4/h6-17,32H,5H2,1-4H3. The summed E-state index contributed by atoms with van der Waals surface area (Å²) >= 11 is 6.24. The van der Waals surface area contributed by atoms with Crippen LogP contribution in [0.1, 0.15) is 54.0 Å². The van der Waals surface area contributed by atoms with Crippen molar-refractivity contribution in [1.29, 1.82) is 0 Å². The highest BCUT2D eigenvalue weighted by Crippen LogP contribution is 2.32. The zero-order chi connectivity index (χ0) is 28.3. The number of hydrogen-bond acceptors (Lipinski definition) is 7. The van der Waals surface area contributed by atoms with E-state index in [1.54, 1.807) is 43.3 Å². The van der Waals surface area contributed by atoms with Crippen molar-refractivity contribution in [3.63, 3.8) is 0 Å². The second-order valence-electron chi connectivity index (χ2n) is 9.74. The number of nitrogens with one attached hydrogen (secondary N) is 1. The Morgan fingerprint density at radius 1 is 0.872 bits per heavy atom. The number of hydrogen-bond donors (Lipinski definition) is 1. The van der Waals surface area contributed by atoms with E-state index in [1.165, 1.54) is 24.3 Å². The van der Waals surface area contributed by atoms with Crippen molar-refractivity contribution in [2.24, 2.45) is 0 Å². The fourth-order valence-electron chi connectivity index (χ4n) is 3.90. The third-order valence-electron chi connectivity index (χ3n) is 5.99. The summed E-state index contributed by atoms with van der Waals surface area (Å²) in [6, 6.07) is 19.6. The highest BCUT2D eigenvalue weighted by Gasteiger charge is 2.40. The average molecular weight is 547 g/mol. The van der Waals surface area contributed by atoms with Gasteiger partial charge in [0.05, 0.1) is 23.4 Å². The molecule has 1 heterocycles. The maximum absolute atomic E-state index is 13.2. The lowest BCUT2D eigenvalue weighted by Crippen LogP contribution is -2.33. The zero-order valence-electron chi connectivity index (χ0n) is 21.9. The minimum Gasteiger partial charge on any atom is -0.462 e. The van der Waals surface area contributed by atoms with E-state index < -0.39 is 23.8 Å². The van der Waals surface area contributed by atoms with Crippen molar-refractivity contribution in [2.75, 3.05) is 16.8 Å². The third kappa shape index (κ3) is 5.86. The van der Waals surface area contributed by atoms with Crippen LogP contribution in [0.4, 0.5) is 11.4 Å². The highest BCUT2D eigenvalue weighted by molar-refractivity contribution is 6.53. The molecule has 39 heavy (non-hydrogen) atoms. The first-order valence-electron chi connectivity index (χ1n) is 12.3. The normalized spacial score (nSPS) is 13.5. The molecule has 0 atom stereocenters. The van der Waals surface area contributed by atoms with Crippen LogP contribution in [0.2, 0.25) is 0 Å². The molecule has 0 unspecified atom stereocenters. The summed E-state index contributed by atoms with van der Waals surface area (Å²) in [6.07, 6.45) is 0. The molecule has 0 saturated heterocycles. The monoisotopic (exact) mass is 546 g/mol. The van der Waals surface area contributed by atoms with Gasteiger partial charge in [-0.15, -0.1) is 0 Å². The fourth-order valence-corrected chi connectivity index (χ4v) is 4.12. The summed E-state index contributed by atoms with van der Waals surface area (Å²) in [7, 11) is 0. The summed E-state index contributed by atoms with van der Waals surface area (Å²) < 4.78 is 10.5. The molecule has 1 N–H and O–H groups in total. The number of rotatable bonds is 7. The van der Waals surface area contributed by atoms with Crippen LogP contribution in [0.3, 0.4) is 0 Å². The molecule has 3 aromatic rings. The van der Waals surface area contributed by atoms with Gasteiger partial charge in [0, 0.05) is 5.69 Å². The summed E-state index contributed by atoms with van der Waals surface area (Å²) in [5.74, 6) is -2.30. The lowest BCUT2D eigenvalue weighted by molar-refractivity contribution is -0.120. The van der Waals surface area contributed by atoms with Gasteiger partial charge >= 0.3 is 11.9 Å². The molecular weight excluding hydrogens is 520 g/mol. The van der Waals surface area contributed by atoms with E-state index in [1.807, 2.05) is 12.1 Å². The molecule has 0 radical (unpaired) electrons. The first-order valence-corrected chi connectivity index (χ1v) is 12.6. The molecule has 0 aliphatic carbocycles. The molecule has 8 nitrogen and oxygen atoms in total. The Balaban J connectivity index is 1.47. The van der Waals surface area contributed by atoms with E-state index in [0.29, 0.717) is 17.0 Å². The molecule has 3 aromatic carbocycles. The van der Waals surface area contributed by atoms with Gasteiger partial charge in [-0.25, -0.2) is 14.5 Å². The largest absolute Gasteiger partial charge is 0.462 e. The van der Waals surface area contributed by atoms with Gasteiger partial charge in [0.25, 0.3) is 11.8 Å². The SMILES string of the molecule is CCOC(=O)c1ccccc1N1C(=O)C(Cl)=C(Nc2ccc(C(=O)Oc3ccc(C(C)(C)C)cc3)cc2)C1=O. The number of carbonyl (C=O) groups excluding carboxylic acids is 4. The molecule has 1 aliphatic heterocycles. The Bertz CT molecular complexity index is 1470. The molecule has 0 aromatic heterocycles. The van der Waals surface area contributed by atoms with Crippen molar-refractivity contribution in [2.45, 2.75) is 33.1 Å². The van der Waals surface area contributed by atoms with E-state index >= 15 is 0 Å². The first-order chi connectivity index (χ1) is 18.5. The number of amides is 2. The number of benzene rings is 3. The Labute approximate surface area is 231 Å². The first kappa shape index (κ1) is 27.6. The molecule has 0 fully saturated rings. The van der Waals surface area contributed by atoms with E-state index in [-0.39, 0.29) is 34.0 Å². The predicted octanol–water partition coefficient (Wildman–Crippen LogP) is 5.82. The Kier molecular flexibility index (Phi) is 7.88. The van der Waals surface area contributed by atoms with Crippen LogP contribution in [-0.4, -0.2) is 30.4 Å². The topological polar surface area (TPSA) is 102 Å². The second kappa shape index (κ2) is 11.1. The molecule has 0 bridgehead atoms. The van der Waals surface area contributed by atoms with Crippen molar-refractivity contribution in [3.8, 4) is 5.75 Å². The van der Waals surface area contributed by atoms with Crippen molar-refractivity contribution >= 4 is 46.7 Å². The van der Waals surface area contributed by atoms with Crippen LogP contribution in [-0.2, 0) is 19.7 Å². The van der Waals surface area contributed by atoms with E-state index in [2.05, 4.69) is 26.1 Å². The van der Waals surface area contributed by atoms with E-state index in [9.17, 15) is 19.2 Å². The summed E-state index contributed by atoms with van der Waals surface area (Å²) in [5.41, 5.74) is 1.77. The van der Waals surface area contributed by atoms with Crippen LogP contribution >= 0.6 is 11.6 Å². The maximum Gasteiger partial charge on any atom is 0.343 e. The maximum atomic E-state index is 13.2. The van der Waals surface area contributed by atoms with Gasteiger partial charge in [0.1, 0.15) is 16.5 Å². The average Bonchev–Trinajstić information content (AvgIpc) is 3.11. The smallest absolute Gasteiger partial charge is 0.343 e. The quantitative estimate of drug-likeness (QED) is 0.226. The number of ether oxygens (including phenoxy) is 2. The van der Waals surface area contributed by atoms with Crippen molar-refractivity contribution < 1.29 is 28.7 Å². The van der Waals surface area contributed by atoms with Gasteiger partial charge < -0.3 is 14.8 Å². The lowest BCUT2D eigenvalue weighted by Gasteiger charge is -2.19. The fraction of sp³-hybridized carbons (Fsp3) is 0.200. The number of halogens is 1. The predicted molar refractivity (Wildman–Crippen MR) is 148 cm³/mol. The van der Waals surface area contributed by atoms with Crippen LogP contribution in [0.15, 0.2) is 83.5 Å². The molecule has 4 rings (SSSR count). The summed E-state index contributed by atoms with van der Waals surface area (Å²) in [6.45, 7) is 8.08. The zero-order valence-corrected chi connectivity index (χ0v) is 22.7. The minimum absolute atomic E-state index is 0.0175. The number of imide groups is 1. The lowest BCUT2D eigenvalue weighted by atomic mass is 9.87. The molecule has 9 heteroatoms. The molecule has 200 valence electrons. The number of esters is 2. The van der Waals surface area contributed by atoms with Crippen molar-refractivity contribution in [1.82, 2.24) is 0 Å². The van der Waals surface area contributed by atoms with Gasteiger partial charge in [-0.2, -0.15) is 0 Å². The Hall–Kier alpha value is -4.43. The molecular formula is C30H27ClN2O6. The molecule has 0 saturated carbocycles. The number of para-hydroxylation sites is 1. The van der Waals surface area contributed by atoms with Gasteiger partial charge in [-0.05, 0) is 66.4 Å². The van der Waals surface area contributed by atoms with Gasteiger partial charge in [-0.3, -0.25) is 9.59 Å². The minimum atomic E-state index is -0.779. The third-order valence-corrected chi connectivity index (χ3v) is 6.34. The number of nitrogens with zero attached hydrogens (tertiary/aromatic N) is 1. The van der Waals surface area contributed by atoms with Gasteiger partial charge in [0.2, 0.25) is 0 Å². The van der Waals surface area contributed by atoms with Crippen LogP contribution < -0.4 is 15.0 Å². The number of anilines is 2. The van der Waals surface area contributed by atoms with Crippen LogP contribution in [0, 0.1) is 0 Å². The van der Waals surface area contributed by atoms with Gasteiger partial charge in [0.15, 0.2) is 0 Å². The van der Waals surface area contributed by atoms with E-state index in [4.69, 9.17) is 21.1 Å². The van der Waals surface area contributed by atoms with Gasteiger partial charge in [-0.1, -0.05) is 56.6 Å². The summed E-state index contributed by atoms with van der Waals surface area (Å²) in [5, 5.41) is 2.52. The highest BCUT2D eigenvalue weighted by atomic mass is 35.5. The molecule has 1 aliphatic rings. The van der Waals surface area contributed by atoms with Crippen molar-refractivity contribution in [3.05, 3.63) is 100 Å². The second-order valence-corrected chi connectivity index (χ2v) is 10.1. The summed E-state index contributed by atoms with van der Waals surface area (Å²) in [4.78, 5) is 51.9. The molecule has 0 spiro atoms. The van der Waals surface area contributed by atoms with E-state index in [0.717, 1.165) is 10.5 Å². The Morgan fingerprint density at radius 3 is 2.13 bits per heavy atom. The van der Waals surface area contributed by atoms with Crippen LogP contribution in [0.5, 0.6) is 5.75 Å². The number of carbonyl (C=O) groups is 4. The Morgan fingerprint density at radius 2 is 1.51 bits per heavy atom. The molecule has 2 amide bonds.